The summed E-state index contributed by atoms with van der Waals surface area (Å²) in [5.41, 5.74) is 1.37. The van der Waals surface area contributed by atoms with E-state index >= 15 is 0 Å². The molecule has 0 aliphatic rings. The first kappa shape index (κ1) is 14.5. The van der Waals surface area contributed by atoms with Crippen LogP contribution in [-0.2, 0) is 4.79 Å². The first-order valence-electron chi connectivity index (χ1n) is 6.48. The lowest BCUT2D eigenvalue weighted by molar-refractivity contribution is -0.115. The second-order valence-electron chi connectivity index (χ2n) is 4.37. The van der Waals surface area contributed by atoms with Crippen LogP contribution in [0, 0.1) is 0 Å². The molecule has 2 rings (SSSR count). The van der Waals surface area contributed by atoms with Gasteiger partial charge in [0.05, 0.1) is 5.56 Å². The summed E-state index contributed by atoms with van der Waals surface area (Å²) in [4.78, 5) is 36.5. The number of hydrogen-bond donors (Lipinski definition) is 3. The third-order valence-corrected chi connectivity index (χ3v) is 2.79. The molecule has 108 valence electrons. The first-order valence-corrected chi connectivity index (χ1v) is 6.48. The van der Waals surface area contributed by atoms with E-state index in [0.29, 0.717) is 23.4 Å². The zero-order valence-electron chi connectivity index (χ0n) is 11.5. The summed E-state index contributed by atoms with van der Waals surface area (Å²) in [6, 6.07) is 9.53. The molecule has 0 aliphatic heterocycles. The monoisotopic (exact) mass is 285 g/mol. The van der Waals surface area contributed by atoms with Crippen LogP contribution in [0.3, 0.4) is 0 Å². The van der Waals surface area contributed by atoms with Gasteiger partial charge in [-0.15, -0.1) is 0 Å². The van der Waals surface area contributed by atoms with E-state index in [-0.39, 0.29) is 17.4 Å². The van der Waals surface area contributed by atoms with Crippen LogP contribution >= 0.6 is 0 Å². The second kappa shape index (κ2) is 6.51. The van der Waals surface area contributed by atoms with Crippen LogP contribution in [0.15, 0.2) is 47.4 Å². The van der Waals surface area contributed by atoms with Crippen molar-refractivity contribution in [2.24, 2.45) is 0 Å². The van der Waals surface area contributed by atoms with E-state index in [9.17, 15) is 14.4 Å². The number of nitrogens with one attached hydrogen (secondary N) is 3. The van der Waals surface area contributed by atoms with Crippen LogP contribution in [0.1, 0.15) is 23.7 Å². The van der Waals surface area contributed by atoms with Gasteiger partial charge in [-0.3, -0.25) is 14.4 Å². The van der Waals surface area contributed by atoms with Crippen molar-refractivity contribution in [2.45, 2.75) is 13.3 Å². The Labute approximate surface area is 121 Å². The van der Waals surface area contributed by atoms with Gasteiger partial charge in [-0.25, -0.2) is 0 Å². The standard InChI is InChI=1S/C15H15N3O3/c1-2-13(19)17-11-4-6-12(7-5-11)18-15(21)10-3-8-14(20)16-9-10/h3-9H,2H2,1H3,(H,16,20)(H,17,19)(H,18,21). The maximum Gasteiger partial charge on any atom is 0.257 e. The number of aromatic amines is 1. The summed E-state index contributed by atoms with van der Waals surface area (Å²) < 4.78 is 0. The van der Waals surface area contributed by atoms with Gasteiger partial charge in [0.1, 0.15) is 0 Å². The van der Waals surface area contributed by atoms with Gasteiger partial charge in [-0.1, -0.05) is 6.92 Å². The van der Waals surface area contributed by atoms with Gasteiger partial charge >= 0.3 is 0 Å². The summed E-state index contributed by atoms with van der Waals surface area (Å²) in [5, 5.41) is 5.42. The third-order valence-electron chi connectivity index (χ3n) is 2.79. The Kier molecular flexibility index (Phi) is 4.50. The zero-order valence-corrected chi connectivity index (χ0v) is 11.5. The Morgan fingerprint density at radius 2 is 1.62 bits per heavy atom. The van der Waals surface area contributed by atoms with Crippen LogP contribution < -0.4 is 16.2 Å². The van der Waals surface area contributed by atoms with Crippen molar-refractivity contribution in [3.05, 3.63) is 58.5 Å². The van der Waals surface area contributed by atoms with E-state index in [0.717, 1.165) is 0 Å². The van der Waals surface area contributed by atoms with Crippen molar-refractivity contribution in [3.63, 3.8) is 0 Å². The van der Waals surface area contributed by atoms with E-state index in [4.69, 9.17) is 0 Å². The molecule has 0 fully saturated rings. The number of anilines is 2. The lowest BCUT2D eigenvalue weighted by Crippen LogP contribution is -2.14. The lowest BCUT2D eigenvalue weighted by atomic mass is 10.2. The fourth-order valence-corrected chi connectivity index (χ4v) is 1.64. The number of carbonyl (C=O) groups excluding carboxylic acids is 2. The quantitative estimate of drug-likeness (QED) is 0.802. The Balaban J connectivity index is 2.03. The van der Waals surface area contributed by atoms with Gasteiger partial charge in [0.25, 0.3) is 5.91 Å². The highest BCUT2D eigenvalue weighted by molar-refractivity contribution is 6.04. The Morgan fingerprint density at radius 3 is 2.14 bits per heavy atom. The molecule has 2 amide bonds. The van der Waals surface area contributed by atoms with Crippen molar-refractivity contribution in [1.29, 1.82) is 0 Å². The number of amides is 2. The van der Waals surface area contributed by atoms with E-state index in [1.54, 1.807) is 31.2 Å². The smallest absolute Gasteiger partial charge is 0.257 e. The molecule has 1 heterocycles. The molecule has 6 nitrogen and oxygen atoms in total. The maximum atomic E-state index is 11.9. The zero-order chi connectivity index (χ0) is 15.2. The summed E-state index contributed by atoms with van der Waals surface area (Å²) in [7, 11) is 0. The number of H-pyrrole nitrogens is 1. The predicted octanol–water partition coefficient (Wildman–Crippen LogP) is 1.98. The minimum atomic E-state index is -0.323. The number of pyridine rings is 1. The fraction of sp³-hybridized carbons (Fsp3) is 0.133. The topological polar surface area (TPSA) is 91.1 Å². The highest BCUT2D eigenvalue weighted by Gasteiger charge is 2.06. The average Bonchev–Trinajstić information content (AvgIpc) is 2.49. The Morgan fingerprint density at radius 1 is 1.00 bits per heavy atom. The van der Waals surface area contributed by atoms with Crippen LogP contribution in [-0.4, -0.2) is 16.8 Å². The first-order chi connectivity index (χ1) is 10.1. The Bertz CT molecular complexity index is 684. The minimum absolute atomic E-state index is 0.0694. The van der Waals surface area contributed by atoms with Crippen LogP contribution in [0.5, 0.6) is 0 Å². The van der Waals surface area contributed by atoms with Crippen molar-refractivity contribution >= 4 is 23.2 Å². The number of aromatic nitrogens is 1. The molecule has 0 saturated carbocycles. The van der Waals surface area contributed by atoms with E-state index in [1.165, 1.54) is 18.3 Å². The highest BCUT2D eigenvalue weighted by Crippen LogP contribution is 2.14. The molecule has 2 aromatic rings. The molecule has 0 radical (unpaired) electrons. The molecule has 0 unspecified atom stereocenters. The van der Waals surface area contributed by atoms with E-state index < -0.39 is 0 Å². The number of benzene rings is 1. The Hall–Kier alpha value is -2.89. The third kappa shape index (κ3) is 4.04. The largest absolute Gasteiger partial charge is 0.328 e. The van der Waals surface area contributed by atoms with Crippen molar-refractivity contribution < 1.29 is 9.59 Å². The molecule has 1 aromatic carbocycles. The van der Waals surface area contributed by atoms with Crippen LogP contribution in [0.2, 0.25) is 0 Å². The van der Waals surface area contributed by atoms with Gasteiger partial charge in [0.15, 0.2) is 0 Å². The molecule has 1 aromatic heterocycles. The summed E-state index contributed by atoms with van der Waals surface area (Å²) >= 11 is 0. The molecule has 0 spiro atoms. The van der Waals surface area contributed by atoms with Crippen LogP contribution in [0.25, 0.3) is 0 Å². The van der Waals surface area contributed by atoms with Gasteiger partial charge in [-0.05, 0) is 30.3 Å². The lowest BCUT2D eigenvalue weighted by Gasteiger charge is -2.07. The maximum absolute atomic E-state index is 11.9. The van der Waals surface area contributed by atoms with Gasteiger partial charge in [-0.2, -0.15) is 0 Å². The molecular weight excluding hydrogens is 270 g/mol. The van der Waals surface area contributed by atoms with Crippen LogP contribution in [0.4, 0.5) is 11.4 Å². The van der Waals surface area contributed by atoms with E-state index in [1.807, 2.05) is 0 Å². The minimum Gasteiger partial charge on any atom is -0.328 e. The summed E-state index contributed by atoms with van der Waals surface area (Å²) in [6.45, 7) is 1.77. The van der Waals surface area contributed by atoms with Gasteiger partial charge in [0, 0.05) is 30.1 Å². The molecule has 0 aliphatic carbocycles. The van der Waals surface area contributed by atoms with Crippen molar-refractivity contribution in [1.82, 2.24) is 4.98 Å². The fourth-order valence-electron chi connectivity index (χ4n) is 1.64. The normalized spacial score (nSPS) is 9.95. The van der Waals surface area contributed by atoms with Gasteiger partial charge < -0.3 is 15.6 Å². The predicted molar refractivity (Wildman–Crippen MR) is 80.4 cm³/mol. The average molecular weight is 285 g/mol. The summed E-state index contributed by atoms with van der Waals surface area (Å²) in [6.07, 6.45) is 1.76. The molecule has 0 atom stereocenters. The number of hydrogen-bond acceptors (Lipinski definition) is 3. The van der Waals surface area contributed by atoms with Crippen molar-refractivity contribution in [3.8, 4) is 0 Å². The molecule has 6 heteroatoms. The van der Waals surface area contributed by atoms with Gasteiger partial charge in [0.2, 0.25) is 11.5 Å². The van der Waals surface area contributed by atoms with Crippen molar-refractivity contribution in [2.75, 3.05) is 10.6 Å². The van der Waals surface area contributed by atoms with E-state index in [2.05, 4.69) is 15.6 Å². The number of rotatable bonds is 4. The molecule has 0 bridgehead atoms. The SMILES string of the molecule is CCC(=O)Nc1ccc(NC(=O)c2ccc(=O)[nH]c2)cc1. The second-order valence-corrected chi connectivity index (χ2v) is 4.37. The highest BCUT2D eigenvalue weighted by atomic mass is 16.2. The molecular formula is C15H15N3O3. The number of carbonyl (C=O) groups is 2. The molecule has 0 saturated heterocycles. The summed E-state index contributed by atoms with van der Waals surface area (Å²) in [5.74, 6) is -0.392. The molecule has 3 N–H and O–H groups in total. The molecule has 21 heavy (non-hydrogen) atoms.